The second kappa shape index (κ2) is 5.44. The van der Waals surface area contributed by atoms with Gasteiger partial charge in [0, 0.05) is 12.0 Å². The summed E-state index contributed by atoms with van der Waals surface area (Å²) in [6.45, 7) is 0. The highest BCUT2D eigenvalue weighted by atomic mass is 16.5. The summed E-state index contributed by atoms with van der Waals surface area (Å²) in [4.78, 5) is 11.4. The van der Waals surface area contributed by atoms with Crippen molar-refractivity contribution >= 4 is 11.9 Å². The number of carbonyl (C=O) groups is 1. The van der Waals surface area contributed by atoms with Gasteiger partial charge in [0.25, 0.3) is 0 Å². The minimum atomic E-state index is 0.650. The summed E-state index contributed by atoms with van der Waals surface area (Å²) in [5, 5.41) is 0. The maximum absolute atomic E-state index is 11.4. The lowest BCUT2D eigenvalue weighted by atomic mass is 9.97. The van der Waals surface area contributed by atoms with Crippen molar-refractivity contribution in [3.05, 3.63) is 64.7 Å². The lowest BCUT2D eigenvalue weighted by molar-refractivity contribution is -0.104. The zero-order chi connectivity index (χ0) is 14.8. The molecule has 0 bridgehead atoms. The van der Waals surface area contributed by atoms with E-state index in [0.29, 0.717) is 6.42 Å². The van der Waals surface area contributed by atoms with E-state index in [1.807, 2.05) is 42.5 Å². The molecule has 106 valence electrons. The predicted molar refractivity (Wildman–Crippen MR) is 81.8 cm³/mol. The Balaban J connectivity index is 2.09. The first-order valence-corrected chi connectivity index (χ1v) is 6.77. The Morgan fingerprint density at radius 3 is 2.24 bits per heavy atom. The van der Waals surface area contributed by atoms with E-state index < -0.39 is 0 Å². The van der Waals surface area contributed by atoms with Crippen LogP contribution in [0.5, 0.6) is 11.5 Å². The van der Waals surface area contributed by atoms with Crippen molar-refractivity contribution in [3.8, 4) is 11.5 Å². The van der Waals surface area contributed by atoms with Crippen LogP contribution in [0, 0.1) is 0 Å². The fourth-order valence-electron chi connectivity index (χ4n) is 2.75. The molecule has 0 amide bonds. The Morgan fingerprint density at radius 1 is 0.952 bits per heavy atom. The maximum atomic E-state index is 11.4. The molecule has 0 unspecified atom stereocenters. The molecular formula is C18H16O3. The zero-order valence-corrected chi connectivity index (χ0v) is 12.1. The number of allylic oxidation sites excluding steroid dienone is 1. The molecule has 21 heavy (non-hydrogen) atoms. The molecule has 0 radical (unpaired) electrons. The van der Waals surface area contributed by atoms with Gasteiger partial charge in [0.1, 0.15) is 17.8 Å². The number of hydrogen-bond acceptors (Lipinski definition) is 3. The van der Waals surface area contributed by atoms with Crippen LogP contribution < -0.4 is 9.47 Å². The van der Waals surface area contributed by atoms with E-state index in [-0.39, 0.29) is 0 Å². The van der Waals surface area contributed by atoms with Gasteiger partial charge >= 0.3 is 0 Å². The van der Waals surface area contributed by atoms with Crippen LogP contribution in [-0.4, -0.2) is 20.5 Å². The lowest BCUT2D eigenvalue weighted by Gasteiger charge is -2.09. The monoisotopic (exact) mass is 280 g/mol. The average Bonchev–Trinajstić information content (AvgIpc) is 2.92. The molecule has 0 heterocycles. The van der Waals surface area contributed by atoms with Gasteiger partial charge in [0.05, 0.1) is 14.2 Å². The molecule has 3 nitrogen and oxygen atoms in total. The first kappa shape index (κ1) is 13.4. The van der Waals surface area contributed by atoms with Gasteiger partial charge in [-0.15, -0.1) is 0 Å². The van der Waals surface area contributed by atoms with Crippen molar-refractivity contribution in [2.75, 3.05) is 14.2 Å². The molecule has 0 fully saturated rings. The smallest absolute Gasteiger partial charge is 0.147 e. The Labute approximate surface area is 123 Å². The third-order valence-electron chi connectivity index (χ3n) is 3.80. The van der Waals surface area contributed by atoms with Gasteiger partial charge in [-0.25, -0.2) is 0 Å². The number of rotatable bonds is 4. The Hall–Kier alpha value is -2.55. The number of ether oxygens (including phenoxy) is 2. The van der Waals surface area contributed by atoms with Crippen molar-refractivity contribution in [1.29, 1.82) is 0 Å². The molecule has 0 N–H and O–H groups in total. The van der Waals surface area contributed by atoms with E-state index in [4.69, 9.17) is 9.47 Å². The third kappa shape index (κ3) is 2.31. The number of carbonyl (C=O) groups excluding carboxylic acids is 1. The van der Waals surface area contributed by atoms with Gasteiger partial charge < -0.3 is 9.47 Å². The normalized spacial score (nSPS) is 13.0. The summed E-state index contributed by atoms with van der Waals surface area (Å²) in [7, 11) is 3.29. The minimum Gasteiger partial charge on any atom is -0.497 e. The fraction of sp³-hybridized carbons (Fsp3) is 0.167. The topological polar surface area (TPSA) is 35.5 Å². The Kier molecular flexibility index (Phi) is 3.48. The van der Waals surface area contributed by atoms with Gasteiger partial charge in [0.2, 0.25) is 0 Å². The lowest BCUT2D eigenvalue weighted by Crippen LogP contribution is -1.91. The van der Waals surface area contributed by atoms with Crippen molar-refractivity contribution in [2.45, 2.75) is 6.42 Å². The molecule has 0 aromatic heterocycles. The quantitative estimate of drug-likeness (QED) is 0.806. The van der Waals surface area contributed by atoms with Crippen LogP contribution in [0.1, 0.15) is 16.7 Å². The largest absolute Gasteiger partial charge is 0.497 e. The van der Waals surface area contributed by atoms with Gasteiger partial charge in [-0.1, -0.05) is 18.2 Å². The fourth-order valence-corrected chi connectivity index (χ4v) is 2.75. The van der Waals surface area contributed by atoms with Crippen LogP contribution in [0.15, 0.2) is 48.0 Å². The number of aldehydes is 1. The molecule has 1 aliphatic rings. The van der Waals surface area contributed by atoms with Crippen LogP contribution in [0.4, 0.5) is 0 Å². The van der Waals surface area contributed by atoms with Crippen molar-refractivity contribution < 1.29 is 14.3 Å². The first-order valence-electron chi connectivity index (χ1n) is 6.77. The second-order valence-corrected chi connectivity index (χ2v) is 4.95. The van der Waals surface area contributed by atoms with Gasteiger partial charge in [0.15, 0.2) is 0 Å². The molecule has 1 aliphatic carbocycles. The SMILES string of the molecule is COc1ccc(C2=C(C=O)Cc3cc(OC)ccc32)cc1. The van der Waals surface area contributed by atoms with Crippen molar-refractivity contribution in [1.82, 2.24) is 0 Å². The van der Waals surface area contributed by atoms with E-state index in [1.54, 1.807) is 14.2 Å². The highest BCUT2D eigenvalue weighted by molar-refractivity contribution is 5.99. The van der Waals surface area contributed by atoms with Crippen LogP contribution in [0.25, 0.3) is 5.57 Å². The molecule has 0 saturated carbocycles. The summed E-state index contributed by atoms with van der Waals surface area (Å²) in [6.07, 6.45) is 1.60. The molecule has 0 saturated heterocycles. The molecule has 0 spiro atoms. The second-order valence-electron chi connectivity index (χ2n) is 4.95. The Bertz CT molecular complexity index is 712. The molecular weight excluding hydrogens is 264 g/mol. The van der Waals surface area contributed by atoms with Crippen LogP contribution in [-0.2, 0) is 11.2 Å². The summed E-state index contributed by atoms with van der Waals surface area (Å²) < 4.78 is 10.4. The highest BCUT2D eigenvalue weighted by Crippen LogP contribution is 2.38. The molecule has 3 heteroatoms. The highest BCUT2D eigenvalue weighted by Gasteiger charge is 2.22. The summed E-state index contributed by atoms with van der Waals surface area (Å²) in [5.41, 5.74) is 5.07. The number of fused-ring (bicyclic) bond motifs is 1. The predicted octanol–water partition coefficient (Wildman–Crippen LogP) is 3.26. The molecule has 2 aromatic carbocycles. The van der Waals surface area contributed by atoms with E-state index in [9.17, 15) is 4.79 Å². The van der Waals surface area contributed by atoms with E-state index in [0.717, 1.165) is 45.6 Å². The number of hydrogen-bond donors (Lipinski definition) is 0. The number of benzene rings is 2. The molecule has 0 atom stereocenters. The third-order valence-corrected chi connectivity index (χ3v) is 3.80. The van der Waals surface area contributed by atoms with Gasteiger partial charge in [-0.05, 0) is 46.5 Å². The summed E-state index contributed by atoms with van der Waals surface area (Å²) >= 11 is 0. The Morgan fingerprint density at radius 2 is 1.62 bits per heavy atom. The minimum absolute atomic E-state index is 0.650. The van der Waals surface area contributed by atoms with E-state index in [2.05, 4.69) is 0 Å². The van der Waals surface area contributed by atoms with Crippen LogP contribution in [0.3, 0.4) is 0 Å². The zero-order valence-electron chi connectivity index (χ0n) is 12.1. The van der Waals surface area contributed by atoms with Crippen LogP contribution in [0.2, 0.25) is 0 Å². The van der Waals surface area contributed by atoms with Crippen LogP contribution >= 0.6 is 0 Å². The molecule has 2 aromatic rings. The molecule has 0 aliphatic heterocycles. The van der Waals surface area contributed by atoms with E-state index >= 15 is 0 Å². The average molecular weight is 280 g/mol. The van der Waals surface area contributed by atoms with Gasteiger partial charge in [-0.3, -0.25) is 4.79 Å². The number of methoxy groups -OCH3 is 2. The molecule has 3 rings (SSSR count). The van der Waals surface area contributed by atoms with Crippen molar-refractivity contribution in [2.24, 2.45) is 0 Å². The van der Waals surface area contributed by atoms with Crippen molar-refractivity contribution in [3.63, 3.8) is 0 Å². The summed E-state index contributed by atoms with van der Waals surface area (Å²) in [6, 6.07) is 13.7. The standard InChI is InChI=1S/C18H16O3/c1-20-15-5-3-12(4-6-15)18-14(11-19)9-13-10-16(21-2)7-8-17(13)18/h3-8,10-11H,9H2,1-2H3. The summed E-state index contributed by atoms with van der Waals surface area (Å²) in [5.74, 6) is 1.62. The van der Waals surface area contributed by atoms with E-state index in [1.165, 1.54) is 0 Å². The van der Waals surface area contributed by atoms with Gasteiger partial charge in [-0.2, -0.15) is 0 Å². The maximum Gasteiger partial charge on any atom is 0.147 e. The first-order chi connectivity index (χ1) is 10.3.